The summed E-state index contributed by atoms with van der Waals surface area (Å²) in [6, 6.07) is 13.1. The SMILES string of the molecule is Cc1ccc(Cl)c(C(=O)Nc2ccccc2C)c1. The largest absolute Gasteiger partial charge is 0.322 e. The van der Waals surface area contributed by atoms with Crippen LogP contribution in [0.25, 0.3) is 0 Å². The van der Waals surface area contributed by atoms with Gasteiger partial charge < -0.3 is 5.32 Å². The number of amides is 1. The first-order valence-corrected chi connectivity index (χ1v) is 6.09. The van der Waals surface area contributed by atoms with Crippen LogP contribution in [0.15, 0.2) is 42.5 Å². The molecule has 0 fully saturated rings. The maximum absolute atomic E-state index is 12.1. The Balaban J connectivity index is 2.28. The summed E-state index contributed by atoms with van der Waals surface area (Å²) in [4.78, 5) is 12.1. The third-order valence-corrected chi connectivity index (χ3v) is 3.09. The molecule has 0 aliphatic rings. The Hall–Kier alpha value is -1.80. The number of rotatable bonds is 2. The van der Waals surface area contributed by atoms with Crippen molar-refractivity contribution < 1.29 is 4.79 Å². The summed E-state index contributed by atoms with van der Waals surface area (Å²) < 4.78 is 0. The number of nitrogens with one attached hydrogen (secondary N) is 1. The lowest BCUT2D eigenvalue weighted by molar-refractivity contribution is 0.102. The monoisotopic (exact) mass is 259 g/mol. The average Bonchev–Trinajstić information content (AvgIpc) is 2.35. The molecular formula is C15H14ClNO. The quantitative estimate of drug-likeness (QED) is 0.860. The van der Waals surface area contributed by atoms with Gasteiger partial charge in [-0.15, -0.1) is 0 Å². The van der Waals surface area contributed by atoms with Crippen LogP contribution in [0.3, 0.4) is 0 Å². The highest BCUT2D eigenvalue weighted by molar-refractivity contribution is 6.34. The number of hydrogen-bond acceptors (Lipinski definition) is 1. The Morgan fingerprint density at radius 3 is 2.56 bits per heavy atom. The van der Waals surface area contributed by atoms with Gasteiger partial charge in [0.1, 0.15) is 0 Å². The van der Waals surface area contributed by atoms with Crippen LogP contribution in [0, 0.1) is 13.8 Å². The minimum atomic E-state index is -0.182. The second kappa shape index (κ2) is 5.23. The zero-order valence-corrected chi connectivity index (χ0v) is 11.1. The molecule has 0 atom stereocenters. The Labute approximate surface area is 112 Å². The van der Waals surface area contributed by atoms with Crippen molar-refractivity contribution in [1.82, 2.24) is 0 Å². The second-order valence-electron chi connectivity index (χ2n) is 4.25. The van der Waals surface area contributed by atoms with Crippen molar-refractivity contribution in [2.24, 2.45) is 0 Å². The molecule has 92 valence electrons. The van der Waals surface area contributed by atoms with Gasteiger partial charge in [-0.25, -0.2) is 0 Å². The molecule has 0 unspecified atom stereocenters. The standard InChI is InChI=1S/C15H14ClNO/c1-10-7-8-13(16)12(9-10)15(18)17-14-6-4-3-5-11(14)2/h3-9H,1-2H3,(H,17,18). The number of hydrogen-bond donors (Lipinski definition) is 1. The van der Waals surface area contributed by atoms with E-state index in [-0.39, 0.29) is 5.91 Å². The molecule has 0 aromatic heterocycles. The van der Waals surface area contributed by atoms with Gasteiger partial charge in [0.15, 0.2) is 0 Å². The Kier molecular flexibility index (Phi) is 3.68. The fraction of sp³-hybridized carbons (Fsp3) is 0.133. The third-order valence-electron chi connectivity index (χ3n) is 2.76. The molecule has 0 saturated heterocycles. The van der Waals surface area contributed by atoms with E-state index in [2.05, 4.69) is 5.32 Å². The molecule has 0 aliphatic carbocycles. The number of benzene rings is 2. The number of halogens is 1. The maximum atomic E-state index is 12.1. The predicted octanol–water partition coefficient (Wildman–Crippen LogP) is 4.21. The predicted molar refractivity (Wildman–Crippen MR) is 75.3 cm³/mol. The molecule has 2 nitrogen and oxygen atoms in total. The van der Waals surface area contributed by atoms with E-state index < -0.39 is 0 Å². The van der Waals surface area contributed by atoms with Gasteiger partial charge in [-0.2, -0.15) is 0 Å². The normalized spacial score (nSPS) is 10.2. The summed E-state index contributed by atoms with van der Waals surface area (Å²) in [5.41, 5.74) is 3.34. The molecular weight excluding hydrogens is 246 g/mol. The van der Waals surface area contributed by atoms with Crippen LogP contribution in [0.4, 0.5) is 5.69 Å². The fourth-order valence-corrected chi connectivity index (χ4v) is 1.92. The molecule has 2 aromatic rings. The van der Waals surface area contributed by atoms with Crippen LogP contribution in [-0.4, -0.2) is 5.91 Å². The van der Waals surface area contributed by atoms with Crippen LogP contribution in [0.5, 0.6) is 0 Å². The first-order valence-electron chi connectivity index (χ1n) is 5.71. The molecule has 1 N–H and O–H groups in total. The average molecular weight is 260 g/mol. The lowest BCUT2D eigenvalue weighted by atomic mass is 10.1. The number of anilines is 1. The van der Waals surface area contributed by atoms with E-state index in [0.29, 0.717) is 10.6 Å². The second-order valence-corrected chi connectivity index (χ2v) is 4.66. The first-order chi connectivity index (χ1) is 8.58. The van der Waals surface area contributed by atoms with Crippen molar-refractivity contribution in [1.29, 1.82) is 0 Å². The van der Waals surface area contributed by atoms with Crippen LogP contribution in [0.2, 0.25) is 5.02 Å². The van der Waals surface area contributed by atoms with Gasteiger partial charge in [0, 0.05) is 5.69 Å². The zero-order valence-electron chi connectivity index (χ0n) is 10.3. The summed E-state index contributed by atoms with van der Waals surface area (Å²) >= 11 is 6.04. The number of carbonyl (C=O) groups is 1. The molecule has 0 radical (unpaired) electrons. The third kappa shape index (κ3) is 2.71. The maximum Gasteiger partial charge on any atom is 0.257 e. The summed E-state index contributed by atoms with van der Waals surface area (Å²) in [7, 11) is 0. The minimum Gasteiger partial charge on any atom is -0.322 e. The highest BCUT2D eigenvalue weighted by Gasteiger charge is 2.11. The summed E-state index contributed by atoms with van der Waals surface area (Å²) in [6.45, 7) is 3.88. The van der Waals surface area contributed by atoms with Crippen molar-refractivity contribution >= 4 is 23.2 Å². The van der Waals surface area contributed by atoms with Crippen molar-refractivity contribution in [3.63, 3.8) is 0 Å². The van der Waals surface area contributed by atoms with Crippen LogP contribution >= 0.6 is 11.6 Å². The van der Waals surface area contributed by atoms with Gasteiger partial charge in [0.25, 0.3) is 5.91 Å². The number of para-hydroxylation sites is 1. The van der Waals surface area contributed by atoms with Gasteiger partial charge >= 0.3 is 0 Å². The van der Waals surface area contributed by atoms with Gasteiger partial charge in [-0.1, -0.05) is 41.4 Å². The lowest BCUT2D eigenvalue weighted by Gasteiger charge is -2.09. The molecule has 0 bridgehead atoms. The van der Waals surface area contributed by atoms with E-state index in [0.717, 1.165) is 16.8 Å². The fourth-order valence-electron chi connectivity index (χ4n) is 1.72. The van der Waals surface area contributed by atoms with E-state index in [4.69, 9.17) is 11.6 Å². The highest BCUT2D eigenvalue weighted by Crippen LogP contribution is 2.20. The zero-order chi connectivity index (χ0) is 13.1. The van der Waals surface area contributed by atoms with Crippen molar-refractivity contribution in [2.45, 2.75) is 13.8 Å². The number of carbonyl (C=O) groups excluding carboxylic acids is 1. The molecule has 0 aliphatic heterocycles. The topological polar surface area (TPSA) is 29.1 Å². The van der Waals surface area contributed by atoms with Gasteiger partial charge in [-0.05, 0) is 37.6 Å². The molecule has 18 heavy (non-hydrogen) atoms. The molecule has 2 rings (SSSR count). The van der Waals surface area contributed by atoms with E-state index in [9.17, 15) is 4.79 Å². The Bertz CT molecular complexity index is 593. The molecule has 0 saturated carbocycles. The van der Waals surface area contributed by atoms with Gasteiger partial charge in [0.05, 0.1) is 10.6 Å². The summed E-state index contributed by atoms with van der Waals surface area (Å²) in [5, 5.41) is 3.34. The highest BCUT2D eigenvalue weighted by atomic mass is 35.5. The Morgan fingerprint density at radius 1 is 1.11 bits per heavy atom. The lowest BCUT2D eigenvalue weighted by Crippen LogP contribution is -2.13. The molecule has 3 heteroatoms. The van der Waals surface area contributed by atoms with Crippen LogP contribution < -0.4 is 5.32 Å². The molecule has 1 amide bonds. The van der Waals surface area contributed by atoms with E-state index in [1.54, 1.807) is 12.1 Å². The molecule has 2 aromatic carbocycles. The molecule has 0 heterocycles. The van der Waals surface area contributed by atoms with Gasteiger partial charge in [0.2, 0.25) is 0 Å². The van der Waals surface area contributed by atoms with Crippen LogP contribution in [-0.2, 0) is 0 Å². The van der Waals surface area contributed by atoms with Crippen molar-refractivity contribution in [3.8, 4) is 0 Å². The van der Waals surface area contributed by atoms with Crippen LogP contribution in [0.1, 0.15) is 21.5 Å². The summed E-state index contributed by atoms with van der Waals surface area (Å²) in [6.07, 6.45) is 0. The van der Waals surface area contributed by atoms with Gasteiger partial charge in [-0.3, -0.25) is 4.79 Å². The van der Waals surface area contributed by atoms with E-state index in [1.165, 1.54) is 0 Å². The summed E-state index contributed by atoms with van der Waals surface area (Å²) in [5.74, 6) is -0.182. The van der Waals surface area contributed by atoms with Crippen molar-refractivity contribution in [2.75, 3.05) is 5.32 Å². The van der Waals surface area contributed by atoms with E-state index >= 15 is 0 Å². The van der Waals surface area contributed by atoms with E-state index in [1.807, 2.05) is 44.2 Å². The smallest absolute Gasteiger partial charge is 0.257 e. The molecule has 0 spiro atoms. The number of aryl methyl sites for hydroxylation is 2. The Morgan fingerprint density at radius 2 is 1.83 bits per heavy atom. The first kappa shape index (κ1) is 12.7. The van der Waals surface area contributed by atoms with Crippen molar-refractivity contribution in [3.05, 3.63) is 64.2 Å². The minimum absolute atomic E-state index is 0.182.